The third-order valence-electron chi connectivity index (χ3n) is 3.18. The van der Waals surface area contributed by atoms with E-state index >= 15 is 0 Å². The first-order valence-corrected chi connectivity index (χ1v) is 8.96. The standard InChI is InChI=1S/C18H15ClN2O3S/c19-13-4-3-5-14(10-13)23-8-9-24-18(22)12-25-17-11-20-15-6-1-2-7-16(15)21-17/h1-7,10-11H,8-9,12H2. The molecule has 0 radical (unpaired) electrons. The van der Waals surface area contributed by atoms with Crippen LogP contribution in [0.25, 0.3) is 11.0 Å². The topological polar surface area (TPSA) is 61.3 Å². The van der Waals surface area contributed by atoms with Gasteiger partial charge in [0.1, 0.15) is 24.0 Å². The number of carbonyl (C=O) groups excluding carboxylic acids is 1. The van der Waals surface area contributed by atoms with Crippen molar-refractivity contribution in [2.24, 2.45) is 0 Å². The Hall–Kier alpha value is -2.31. The molecule has 0 aliphatic carbocycles. The molecule has 0 saturated heterocycles. The lowest BCUT2D eigenvalue weighted by molar-refractivity contribution is -0.141. The highest BCUT2D eigenvalue weighted by Gasteiger charge is 2.07. The minimum atomic E-state index is -0.324. The predicted octanol–water partition coefficient (Wildman–Crippen LogP) is 4.00. The summed E-state index contributed by atoms with van der Waals surface area (Å²) in [5.74, 6) is 0.489. The van der Waals surface area contributed by atoms with E-state index in [-0.39, 0.29) is 24.9 Å². The smallest absolute Gasteiger partial charge is 0.316 e. The molecule has 1 heterocycles. The first kappa shape index (κ1) is 17.5. The lowest BCUT2D eigenvalue weighted by Crippen LogP contribution is -2.13. The second-order valence-electron chi connectivity index (χ2n) is 5.01. The van der Waals surface area contributed by atoms with E-state index < -0.39 is 0 Å². The molecule has 2 aromatic carbocycles. The van der Waals surface area contributed by atoms with Crippen LogP contribution in [0, 0.1) is 0 Å². The van der Waals surface area contributed by atoms with Gasteiger partial charge in [0.25, 0.3) is 0 Å². The van der Waals surface area contributed by atoms with Crippen molar-refractivity contribution in [3.8, 4) is 5.75 Å². The van der Waals surface area contributed by atoms with Crippen LogP contribution in [0.3, 0.4) is 0 Å². The first-order chi connectivity index (χ1) is 12.2. The van der Waals surface area contributed by atoms with Gasteiger partial charge in [0, 0.05) is 5.02 Å². The Kier molecular flexibility index (Phi) is 6.09. The predicted molar refractivity (Wildman–Crippen MR) is 98.2 cm³/mol. The van der Waals surface area contributed by atoms with Gasteiger partial charge in [-0.1, -0.05) is 41.6 Å². The van der Waals surface area contributed by atoms with Gasteiger partial charge in [-0.05, 0) is 30.3 Å². The van der Waals surface area contributed by atoms with E-state index in [2.05, 4.69) is 9.97 Å². The third kappa shape index (κ3) is 5.34. The molecule has 0 aliphatic rings. The summed E-state index contributed by atoms with van der Waals surface area (Å²) in [6.07, 6.45) is 1.66. The van der Waals surface area contributed by atoms with Crippen molar-refractivity contribution in [3.05, 3.63) is 59.8 Å². The van der Waals surface area contributed by atoms with Gasteiger partial charge in [-0.25, -0.2) is 4.98 Å². The average Bonchev–Trinajstić information content (AvgIpc) is 2.63. The van der Waals surface area contributed by atoms with E-state index in [9.17, 15) is 4.79 Å². The van der Waals surface area contributed by atoms with E-state index in [1.807, 2.05) is 24.3 Å². The number of nitrogens with zero attached hydrogens (tertiary/aromatic N) is 2. The molecule has 0 amide bonds. The molecule has 3 rings (SSSR count). The van der Waals surface area contributed by atoms with Crippen molar-refractivity contribution in [1.82, 2.24) is 9.97 Å². The highest BCUT2D eigenvalue weighted by Crippen LogP contribution is 2.18. The van der Waals surface area contributed by atoms with E-state index in [1.165, 1.54) is 11.8 Å². The molecule has 5 nitrogen and oxygen atoms in total. The number of aromatic nitrogens is 2. The molecule has 0 atom stereocenters. The summed E-state index contributed by atoms with van der Waals surface area (Å²) in [7, 11) is 0. The van der Waals surface area contributed by atoms with E-state index in [0.29, 0.717) is 15.8 Å². The molecular weight excluding hydrogens is 360 g/mol. The molecule has 0 bridgehead atoms. The highest BCUT2D eigenvalue weighted by atomic mass is 35.5. The average molecular weight is 375 g/mol. The molecule has 25 heavy (non-hydrogen) atoms. The number of halogens is 1. The molecular formula is C18H15ClN2O3S. The van der Waals surface area contributed by atoms with Gasteiger partial charge in [0.15, 0.2) is 0 Å². The second kappa shape index (κ2) is 8.69. The number of hydrogen-bond donors (Lipinski definition) is 0. The third-order valence-corrected chi connectivity index (χ3v) is 4.28. The SMILES string of the molecule is O=C(CSc1cnc2ccccc2n1)OCCOc1cccc(Cl)c1. The van der Waals surface area contributed by atoms with Crippen molar-refractivity contribution in [3.63, 3.8) is 0 Å². The molecule has 3 aromatic rings. The largest absolute Gasteiger partial charge is 0.490 e. The van der Waals surface area contributed by atoms with Crippen molar-refractivity contribution in [1.29, 1.82) is 0 Å². The second-order valence-corrected chi connectivity index (χ2v) is 6.44. The minimum absolute atomic E-state index is 0.171. The Morgan fingerprint density at radius 2 is 1.92 bits per heavy atom. The van der Waals surface area contributed by atoms with Gasteiger partial charge in [-0.15, -0.1) is 0 Å². The van der Waals surface area contributed by atoms with Crippen LogP contribution in [0.4, 0.5) is 0 Å². The number of fused-ring (bicyclic) bond motifs is 1. The van der Waals surface area contributed by atoms with Crippen molar-refractivity contribution in [2.45, 2.75) is 5.03 Å². The summed E-state index contributed by atoms with van der Waals surface area (Å²) >= 11 is 7.16. The maximum Gasteiger partial charge on any atom is 0.316 e. The molecule has 0 fully saturated rings. The molecule has 0 saturated carbocycles. The molecule has 0 aliphatic heterocycles. The van der Waals surface area contributed by atoms with Gasteiger partial charge >= 0.3 is 5.97 Å². The summed E-state index contributed by atoms with van der Waals surface area (Å²) in [6, 6.07) is 14.7. The molecule has 0 unspecified atom stereocenters. The van der Waals surface area contributed by atoms with E-state index in [1.54, 1.807) is 30.5 Å². The molecule has 0 spiro atoms. The maximum absolute atomic E-state index is 11.8. The van der Waals surface area contributed by atoms with Crippen LogP contribution < -0.4 is 4.74 Å². The summed E-state index contributed by atoms with van der Waals surface area (Å²) in [6.45, 7) is 0.446. The number of carbonyl (C=O) groups is 1. The number of thioether (sulfide) groups is 1. The van der Waals surface area contributed by atoms with E-state index in [0.717, 1.165) is 11.0 Å². The van der Waals surface area contributed by atoms with Crippen molar-refractivity contribution in [2.75, 3.05) is 19.0 Å². The molecule has 1 aromatic heterocycles. The Labute approximate surface area is 154 Å². The Morgan fingerprint density at radius 1 is 1.08 bits per heavy atom. The lowest BCUT2D eigenvalue weighted by Gasteiger charge is -2.07. The zero-order valence-electron chi connectivity index (χ0n) is 13.2. The quantitative estimate of drug-likeness (QED) is 0.354. The van der Waals surface area contributed by atoms with Gasteiger partial charge in [-0.3, -0.25) is 9.78 Å². The lowest BCUT2D eigenvalue weighted by atomic mass is 10.3. The van der Waals surface area contributed by atoms with Crippen LogP contribution in [-0.4, -0.2) is 34.9 Å². The van der Waals surface area contributed by atoms with Crippen LogP contribution in [-0.2, 0) is 9.53 Å². The van der Waals surface area contributed by atoms with Gasteiger partial charge in [-0.2, -0.15) is 0 Å². The fourth-order valence-corrected chi connectivity index (χ4v) is 2.88. The normalized spacial score (nSPS) is 10.6. The van der Waals surface area contributed by atoms with Gasteiger partial charge in [0.05, 0.1) is 23.0 Å². The molecule has 128 valence electrons. The van der Waals surface area contributed by atoms with Crippen molar-refractivity contribution >= 4 is 40.4 Å². The number of hydrogen-bond acceptors (Lipinski definition) is 6. The van der Waals surface area contributed by atoms with Crippen LogP contribution in [0.2, 0.25) is 5.02 Å². The number of para-hydroxylation sites is 2. The number of esters is 1. The number of benzene rings is 2. The maximum atomic E-state index is 11.8. The summed E-state index contributed by atoms with van der Waals surface area (Å²) in [4.78, 5) is 20.5. The monoisotopic (exact) mass is 374 g/mol. The Bertz CT molecular complexity index is 876. The number of ether oxygens (including phenoxy) is 2. The summed E-state index contributed by atoms with van der Waals surface area (Å²) in [5, 5.41) is 1.29. The molecule has 0 N–H and O–H groups in total. The van der Waals surface area contributed by atoms with Crippen LogP contribution in [0.5, 0.6) is 5.75 Å². The molecule has 7 heteroatoms. The summed E-state index contributed by atoms with van der Waals surface area (Å²) < 4.78 is 10.6. The fourth-order valence-electron chi connectivity index (χ4n) is 2.06. The fraction of sp³-hybridized carbons (Fsp3) is 0.167. The van der Waals surface area contributed by atoms with Crippen LogP contribution in [0.15, 0.2) is 59.8 Å². The number of rotatable bonds is 7. The zero-order chi connectivity index (χ0) is 17.5. The summed E-state index contributed by atoms with van der Waals surface area (Å²) in [5.41, 5.74) is 1.63. The Morgan fingerprint density at radius 3 is 2.76 bits per heavy atom. The first-order valence-electron chi connectivity index (χ1n) is 7.59. The van der Waals surface area contributed by atoms with Crippen molar-refractivity contribution < 1.29 is 14.3 Å². The van der Waals surface area contributed by atoms with Gasteiger partial charge < -0.3 is 9.47 Å². The van der Waals surface area contributed by atoms with Gasteiger partial charge in [0.2, 0.25) is 0 Å². The van der Waals surface area contributed by atoms with Crippen LogP contribution in [0.1, 0.15) is 0 Å². The van der Waals surface area contributed by atoms with E-state index in [4.69, 9.17) is 21.1 Å². The van der Waals surface area contributed by atoms with Crippen LogP contribution >= 0.6 is 23.4 Å². The minimum Gasteiger partial charge on any atom is -0.490 e. The Balaban J connectivity index is 1.40. The zero-order valence-corrected chi connectivity index (χ0v) is 14.8. The highest BCUT2D eigenvalue weighted by molar-refractivity contribution is 7.99.